The number of nitriles is 1. The van der Waals surface area contributed by atoms with Crippen LogP contribution in [0.15, 0.2) is 18.3 Å². The van der Waals surface area contributed by atoms with E-state index in [4.69, 9.17) is 5.26 Å². The first-order valence-electron chi connectivity index (χ1n) is 5.96. The highest BCUT2D eigenvalue weighted by Gasteiger charge is 2.33. The lowest BCUT2D eigenvalue weighted by molar-refractivity contribution is 0.419. The summed E-state index contributed by atoms with van der Waals surface area (Å²) in [6.45, 7) is 2.30. The van der Waals surface area contributed by atoms with Gasteiger partial charge in [-0.25, -0.2) is 4.98 Å². The van der Waals surface area contributed by atoms with Gasteiger partial charge < -0.3 is 4.90 Å². The summed E-state index contributed by atoms with van der Waals surface area (Å²) < 4.78 is 0. The molecule has 1 aromatic rings. The molecule has 2 unspecified atom stereocenters. The summed E-state index contributed by atoms with van der Waals surface area (Å²) in [5.41, 5.74) is 0.642. The Bertz CT molecular complexity index is 406. The number of hydrogen-bond donors (Lipinski definition) is 0. The second-order valence-corrected chi connectivity index (χ2v) is 4.97. The maximum absolute atomic E-state index is 8.73. The number of rotatable bonds is 1. The van der Waals surface area contributed by atoms with Gasteiger partial charge in [-0.3, -0.25) is 0 Å². The van der Waals surface area contributed by atoms with E-state index in [1.165, 1.54) is 19.3 Å². The highest BCUT2D eigenvalue weighted by Crippen LogP contribution is 2.37. The molecule has 0 N–H and O–H groups in total. The van der Waals surface area contributed by atoms with Crippen molar-refractivity contribution in [2.75, 3.05) is 18.0 Å². The molecule has 2 aliphatic rings. The minimum Gasteiger partial charge on any atom is -0.356 e. The third kappa shape index (κ3) is 1.65. The van der Waals surface area contributed by atoms with Gasteiger partial charge in [0.15, 0.2) is 0 Å². The molecule has 3 heteroatoms. The van der Waals surface area contributed by atoms with Gasteiger partial charge in [-0.1, -0.05) is 0 Å². The first kappa shape index (κ1) is 9.65. The standard InChI is InChI=1S/C13H15N3/c14-6-12-3-4-13(15-7-12)16-8-10-1-2-11(5-10)9-16/h3-4,7,10-11H,1-2,5,8-9H2. The SMILES string of the molecule is N#Cc1ccc(N2CC3CCC(C3)C2)nc1. The Morgan fingerprint density at radius 3 is 2.56 bits per heavy atom. The summed E-state index contributed by atoms with van der Waals surface area (Å²) in [4.78, 5) is 6.76. The third-order valence-corrected chi connectivity index (χ3v) is 3.81. The second kappa shape index (κ2) is 3.79. The Balaban J connectivity index is 1.79. The van der Waals surface area contributed by atoms with Crippen LogP contribution in [0.3, 0.4) is 0 Å². The number of nitrogens with zero attached hydrogens (tertiary/aromatic N) is 3. The van der Waals surface area contributed by atoms with Crippen LogP contribution in [-0.2, 0) is 0 Å². The van der Waals surface area contributed by atoms with E-state index in [0.717, 1.165) is 30.7 Å². The summed E-state index contributed by atoms with van der Waals surface area (Å²) >= 11 is 0. The molecule has 0 radical (unpaired) electrons. The van der Waals surface area contributed by atoms with Gasteiger partial charge in [0.2, 0.25) is 0 Å². The lowest BCUT2D eigenvalue weighted by atomic mass is 9.99. The number of anilines is 1. The molecule has 3 rings (SSSR count). The van der Waals surface area contributed by atoms with Crippen LogP contribution in [-0.4, -0.2) is 18.1 Å². The van der Waals surface area contributed by atoms with Crippen molar-refractivity contribution >= 4 is 5.82 Å². The molecule has 1 aliphatic carbocycles. The fraction of sp³-hybridized carbons (Fsp3) is 0.538. The van der Waals surface area contributed by atoms with Gasteiger partial charge in [-0.15, -0.1) is 0 Å². The van der Waals surface area contributed by atoms with Gasteiger partial charge in [0, 0.05) is 19.3 Å². The quantitative estimate of drug-likeness (QED) is 0.718. The summed E-state index contributed by atoms with van der Waals surface area (Å²) in [6.07, 6.45) is 5.85. The largest absolute Gasteiger partial charge is 0.356 e. The van der Waals surface area contributed by atoms with Crippen molar-refractivity contribution in [2.45, 2.75) is 19.3 Å². The number of pyridine rings is 1. The number of aromatic nitrogens is 1. The van der Waals surface area contributed by atoms with Gasteiger partial charge in [0.1, 0.15) is 11.9 Å². The Morgan fingerprint density at radius 1 is 1.25 bits per heavy atom. The van der Waals surface area contributed by atoms with Crippen LogP contribution in [0.5, 0.6) is 0 Å². The predicted molar refractivity (Wildman–Crippen MR) is 62.0 cm³/mol. The zero-order chi connectivity index (χ0) is 11.0. The van der Waals surface area contributed by atoms with E-state index in [1.807, 2.05) is 12.1 Å². The van der Waals surface area contributed by atoms with Crippen LogP contribution in [0.25, 0.3) is 0 Å². The molecule has 0 amide bonds. The van der Waals surface area contributed by atoms with Gasteiger partial charge >= 0.3 is 0 Å². The van der Waals surface area contributed by atoms with Gasteiger partial charge in [0.25, 0.3) is 0 Å². The van der Waals surface area contributed by atoms with Crippen molar-refractivity contribution in [3.8, 4) is 6.07 Å². The minimum atomic E-state index is 0.642. The summed E-state index contributed by atoms with van der Waals surface area (Å²) in [5, 5.41) is 8.73. The van der Waals surface area contributed by atoms with Crippen molar-refractivity contribution in [3.63, 3.8) is 0 Å². The third-order valence-electron chi connectivity index (χ3n) is 3.81. The molecular weight excluding hydrogens is 198 g/mol. The van der Waals surface area contributed by atoms with E-state index in [9.17, 15) is 0 Å². The van der Waals surface area contributed by atoms with E-state index >= 15 is 0 Å². The average Bonchev–Trinajstić information content (AvgIpc) is 2.68. The van der Waals surface area contributed by atoms with E-state index < -0.39 is 0 Å². The second-order valence-electron chi connectivity index (χ2n) is 4.97. The van der Waals surface area contributed by atoms with Crippen LogP contribution in [0.4, 0.5) is 5.82 Å². The van der Waals surface area contributed by atoms with Gasteiger partial charge in [0.05, 0.1) is 5.56 Å². The normalized spacial score (nSPS) is 27.8. The van der Waals surface area contributed by atoms with Crippen LogP contribution < -0.4 is 4.90 Å². The zero-order valence-electron chi connectivity index (χ0n) is 9.26. The molecule has 1 saturated heterocycles. The number of hydrogen-bond acceptors (Lipinski definition) is 3. The van der Waals surface area contributed by atoms with E-state index in [0.29, 0.717) is 5.56 Å². The van der Waals surface area contributed by atoms with E-state index in [-0.39, 0.29) is 0 Å². The molecule has 82 valence electrons. The molecule has 2 bridgehead atoms. The molecule has 1 aromatic heterocycles. The Kier molecular flexibility index (Phi) is 2.28. The van der Waals surface area contributed by atoms with Crippen LogP contribution in [0.2, 0.25) is 0 Å². The molecule has 2 heterocycles. The van der Waals surface area contributed by atoms with Crippen molar-refractivity contribution in [1.29, 1.82) is 5.26 Å². The zero-order valence-corrected chi connectivity index (χ0v) is 9.26. The topological polar surface area (TPSA) is 39.9 Å². The van der Waals surface area contributed by atoms with Gasteiger partial charge in [-0.05, 0) is 43.2 Å². The molecule has 2 fully saturated rings. The fourth-order valence-electron chi connectivity index (χ4n) is 3.03. The first-order chi connectivity index (χ1) is 7.85. The molecule has 16 heavy (non-hydrogen) atoms. The molecule has 0 aromatic carbocycles. The average molecular weight is 213 g/mol. The van der Waals surface area contributed by atoms with Crippen molar-refractivity contribution in [3.05, 3.63) is 23.9 Å². The van der Waals surface area contributed by atoms with Crippen LogP contribution >= 0.6 is 0 Å². The minimum absolute atomic E-state index is 0.642. The maximum atomic E-state index is 8.73. The monoisotopic (exact) mass is 213 g/mol. The fourth-order valence-corrected chi connectivity index (χ4v) is 3.03. The molecule has 1 saturated carbocycles. The van der Waals surface area contributed by atoms with Crippen LogP contribution in [0.1, 0.15) is 24.8 Å². The van der Waals surface area contributed by atoms with Gasteiger partial charge in [-0.2, -0.15) is 5.26 Å². The number of fused-ring (bicyclic) bond motifs is 2. The molecule has 1 aliphatic heterocycles. The summed E-state index contributed by atoms with van der Waals surface area (Å²) in [5.74, 6) is 2.78. The predicted octanol–water partition coefficient (Wildman–Crippen LogP) is 2.19. The Hall–Kier alpha value is -1.56. The summed E-state index contributed by atoms with van der Waals surface area (Å²) in [7, 11) is 0. The lowest BCUT2D eigenvalue weighted by Crippen LogP contribution is -2.36. The Labute approximate surface area is 95.7 Å². The smallest absolute Gasteiger partial charge is 0.128 e. The summed E-state index contributed by atoms with van der Waals surface area (Å²) in [6, 6.07) is 5.94. The highest BCUT2D eigenvalue weighted by atomic mass is 15.2. The van der Waals surface area contributed by atoms with E-state index in [1.54, 1.807) is 6.20 Å². The first-order valence-corrected chi connectivity index (χ1v) is 5.96. The molecule has 2 atom stereocenters. The molecular formula is C13H15N3. The molecule has 3 nitrogen and oxygen atoms in total. The van der Waals surface area contributed by atoms with Crippen molar-refractivity contribution in [1.82, 2.24) is 4.98 Å². The highest BCUT2D eigenvalue weighted by molar-refractivity contribution is 5.42. The Morgan fingerprint density at radius 2 is 2.00 bits per heavy atom. The maximum Gasteiger partial charge on any atom is 0.128 e. The van der Waals surface area contributed by atoms with Crippen molar-refractivity contribution in [2.24, 2.45) is 11.8 Å². The van der Waals surface area contributed by atoms with E-state index in [2.05, 4.69) is 16.0 Å². The number of piperidine rings is 1. The molecule has 0 spiro atoms. The van der Waals surface area contributed by atoms with Crippen LogP contribution in [0, 0.1) is 23.2 Å². The lowest BCUT2D eigenvalue weighted by Gasteiger charge is -2.32. The van der Waals surface area contributed by atoms with Crippen molar-refractivity contribution < 1.29 is 0 Å².